The predicted octanol–water partition coefficient (Wildman–Crippen LogP) is 4.66. The minimum absolute atomic E-state index is 0.0306. The molecular formula is C22H20N4OS. The topological polar surface area (TPSA) is 51.0 Å². The third-order valence-corrected chi connectivity index (χ3v) is 5.36. The van der Waals surface area contributed by atoms with Crippen molar-refractivity contribution in [2.75, 3.05) is 6.54 Å². The summed E-state index contributed by atoms with van der Waals surface area (Å²) >= 11 is 1.66. The van der Waals surface area contributed by atoms with Gasteiger partial charge in [-0.05, 0) is 42.6 Å². The first-order valence-corrected chi connectivity index (χ1v) is 10.0. The van der Waals surface area contributed by atoms with E-state index in [9.17, 15) is 4.79 Å². The molecular weight excluding hydrogens is 368 g/mol. The van der Waals surface area contributed by atoms with Gasteiger partial charge in [0.05, 0.1) is 17.8 Å². The summed E-state index contributed by atoms with van der Waals surface area (Å²) in [5, 5.41) is 6.75. The molecule has 0 radical (unpaired) electrons. The molecule has 1 amide bonds. The molecule has 5 nitrogen and oxygen atoms in total. The number of para-hydroxylation sites is 1. The van der Waals surface area contributed by atoms with Crippen LogP contribution < -0.4 is 0 Å². The first-order chi connectivity index (χ1) is 13.8. The molecule has 6 heteroatoms. The van der Waals surface area contributed by atoms with E-state index in [-0.39, 0.29) is 5.91 Å². The lowest BCUT2D eigenvalue weighted by atomic mass is 10.1. The van der Waals surface area contributed by atoms with E-state index < -0.39 is 0 Å². The summed E-state index contributed by atoms with van der Waals surface area (Å²) in [6, 6.07) is 17.7. The fourth-order valence-corrected chi connectivity index (χ4v) is 3.77. The first kappa shape index (κ1) is 18.1. The second-order valence-electron chi connectivity index (χ2n) is 6.31. The molecule has 0 aliphatic carbocycles. The third-order valence-electron chi connectivity index (χ3n) is 4.50. The molecule has 0 aliphatic rings. The van der Waals surface area contributed by atoms with Crippen molar-refractivity contribution < 1.29 is 4.79 Å². The number of amides is 1. The van der Waals surface area contributed by atoms with Crippen molar-refractivity contribution in [1.29, 1.82) is 0 Å². The number of aromatic nitrogens is 3. The predicted molar refractivity (Wildman–Crippen MR) is 112 cm³/mol. The van der Waals surface area contributed by atoms with Crippen molar-refractivity contribution in [2.24, 2.45) is 0 Å². The average Bonchev–Trinajstić information content (AvgIpc) is 3.43. The summed E-state index contributed by atoms with van der Waals surface area (Å²) in [5.74, 6) is -0.0306. The standard InChI is InChI=1S/C22H20N4OS/c1-2-25(15-19-11-7-13-28-19)22(27)20-16-26(18-9-4-3-5-10-18)24-21(20)17-8-6-12-23-14-17/h3-14,16H,2,15H2,1H3. The van der Waals surface area contributed by atoms with Crippen molar-refractivity contribution in [3.05, 3.63) is 89.0 Å². The minimum atomic E-state index is -0.0306. The van der Waals surface area contributed by atoms with Gasteiger partial charge < -0.3 is 4.90 Å². The highest BCUT2D eigenvalue weighted by atomic mass is 32.1. The Hall–Kier alpha value is -3.25. The Morgan fingerprint density at radius 3 is 2.64 bits per heavy atom. The second-order valence-corrected chi connectivity index (χ2v) is 7.34. The Morgan fingerprint density at radius 2 is 1.96 bits per heavy atom. The fraction of sp³-hybridized carbons (Fsp3) is 0.136. The highest BCUT2D eigenvalue weighted by Gasteiger charge is 2.23. The smallest absolute Gasteiger partial charge is 0.258 e. The van der Waals surface area contributed by atoms with Crippen LogP contribution in [0.15, 0.2) is 78.6 Å². The monoisotopic (exact) mass is 388 g/mol. The number of carbonyl (C=O) groups is 1. The SMILES string of the molecule is CCN(Cc1cccs1)C(=O)c1cn(-c2ccccc2)nc1-c1cccnc1. The Bertz CT molecular complexity index is 1040. The molecule has 140 valence electrons. The van der Waals surface area contributed by atoms with E-state index in [2.05, 4.69) is 11.1 Å². The molecule has 3 aromatic heterocycles. The van der Waals surface area contributed by atoms with Crippen LogP contribution in [0.3, 0.4) is 0 Å². The van der Waals surface area contributed by atoms with Gasteiger partial charge in [0.15, 0.2) is 0 Å². The second kappa shape index (κ2) is 8.19. The van der Waals surface area contributed by atoms with Gasteiger partial charge in [0.1, 0.15) is 5.69 Å². The van der Waals surface area contributed by atoms with Crippen molar-refractivity contribution in [1.82, 2.24) is 19.7 Å². The van der Waals surface area contributed by atoms with Gasteiger partial charge in [0.25, 0.3) is 5.91 Å². The highest BCUT2D eigenvalue weighted by molar-refractivity contribution is 7.09. The molecule has 0 saturated heterocycles. The number of thiophene rings is 1. The van der Waals surface area contributed by atoms with Gasteiger partial charge in [-0.25, -0.2) is 4.68 Å². The van der Waals surface area contributed by atoms with Crippen LogP contribution in [0.25, 0.3) is 16.9 Å². The molecule has 0 saturated carbocycles. The van der Waals surface area contributed by atoms with E-state index in [4.69, 9.17) is 5.10 Å². The van der Waals surface area contributed by atoms with Crippen LogP contribution in [0.2, 0.25) is 0 Å². The summed E-state index contributed by atoms with van der Waals surface area (Å²) in [6.07, 6.45) is 5.27. The molecule has 0 atom stereocenters. The van der Waals surface area contributed by atoms with Crippen LogP contribution in [0.4, 0.5) is 0 Å². The maximum Gasteiger partial charge on any atom is 0.258 e. The molecule has 0 unspecified atom stereocenters. The van der Waals surface area contributed by atoms with Gasteiger partial charge in [-0.2, -0.15) is 5.10 Å². The summed E-state index contributed by atoms with van der Waals surface area (Å²) in [7, 11) is 0. The highest BCUT2D eigenvalue weighted by Crippen LogP contribution is 2.25. The maximum atomic E-state index is 13.4. The summed E-state index contributed by atoms with van der Waals surface area (Å²) in [5.41, 5.74) is 2.96. The quantitative estimate of drug-likeness (QED) is 0.483. The molecule has 1 aromatic carbocycles. The van der Waals surface area contributed by atoms with Gasteiger partial charge >= 0.3 is 0 Å². The van der Waals surface area contributed by atoms with Gasteiger partial charge in [-0.3, -0.25) is 9.78 Å². The lowest BCUT2D eigenvalue weighted by molar-refractivity contribution is 0.0755. The Labute approximate surface area is 167 Å². The molecule has 0 bridgehead atoms. The molecule has 0 N–H and O–H groups in total. The average molecular weight is 388 g/mol. The zero-order valence-electron chi connectivity index (χ0n) is 15.5. The van der Waals surface area contributed by atoms with Gasteiger partial charge in [0.2, 0.25) is 0 Å². The van der Waals surface area contributed by atoms with Crippen molar-refractivity contribution >= 4 is 17.2 Å². The van der Waals surface area contributed by atoms with Crippen molar-refractivity contribution in [3.8, 4) is 16.9 Å². The first-order valence-electron chi connectivity index (χ1n) is 9.13. The fourth-order valence-electron chi connectivity index (χ4n) is 3.05. The van der Waals surface area contributed by atoms with Crippen LogP contribution >= 0.6 is 11.3 Å². The molecule has 28 heavy (non-hydrogen) atoms. The summed E-state index contributed by atoms with van der Waals surface area (Å²) in [6.45, 7) is 3.21. The Kier molecular flexibility index (Phi) is 5.30. The van der Waals surface area contributed by atoms with E-state index in [0.717, 1.165) is 16.1 Å². The van der Waals surface area contributed by atoms with E-state index in [1.165, 1.54) is 0 Å². The van der Waals surface area contributed by atoms with Gasteiger partial charge in [-0.15, -0.1) is 11.3 Å². The number of nitrogens with zero attached hydrogens (tertiary/aromatic N) is 4. The zero-order chi connectivity index (χ0) is 19.3. The van der Waals surface area contributed by atoms with Crippen LogP contribution in [0.5, 0.6) is 0 Å². The van der Waals surface area contributed by atoms with Crippen LogP contribution in [0, 0.1) is 0 Å². The molecule has 0 spiro atoms. The van der Waals surface area contributed by atoms with Crippen LogP contribution in [0.1, 0.15) is 22.2 Å². The number of rotatable bonds is 6. The van der Waals surface area contributed by atoms with E-state index in [0.29, 0.717) is 24.3 Å². The zero-order valence-corrected chi connectivity index (χ0v) is 16.3. The van der Waals surface area contributed by atoms with Crippen molar-refractivity contribution in [3.63, 3.8) is 0 Å². The number of hydrogen-bond donors (Lipinski definition) is 0. The van der Waals surface area contributed by atoms with Crippen LogP contribution in [-0.2, 0) is 6.54 Å². The molecule has 4 rings (SSSR count). The lowest BCUT2D eigenvalue weighted by Crippen LogP contribution is -2.30. The number of pyridine rings is 1. The Balaban J connectivity index is 1.75. The minimum Gasteiger partial charge on any atom is -0.334 e. The van der Waals surface area contributed by atoms with Crippen molar-refractivity contribution in [2.45, 2.75) is 13.5 Å². The van der Waals surface area contributed by atoms with E-state index in [1.807, 2.05) is 71.9 Å². The van der Waals surface area contributed by atoms with E-state index >= 15 is 0 Å². The molecule has 4 aromatic rings. The largest absolute Gasteiger partial charge is 0.334 e. The van der Waals surface area contributed by atoms with Gasteiger partial charge in [0, 0.05) is 35.6 Å². The molecule has 3 heterocycles. The molecule has 0 aliphatic heterocycles. The third kappa shape index (κ3) is 3.73. The lowest BCUT2D eigenvalue weighted by Gasteiger charge is -2.20. The van der Waals surface area contributed by atoms with Gasteiger partial charge in [-0.1, -0.05) is 24.3 Å². The Morgan fingerprint density at radius 1 is 1.11 bits per heavy atom. The summed E-state index contributed by atoms with van der Waals surface area (Å²) < 4.78 is 1.76. The van der Waals surface area contributed by atoms with E-state index in [1.54, 1.807) is 28.4 Å². The van der Waals surface area contributed by atoms with Crippen LogP contribution in [-0.4, -0.2) is 32.1 Å². The molecule has 0 fully saturated rings. The maximum absolute atomic E-state index is 13.4. The summed E-state index contributed by atoms with van der Waals surface area (Å²) in [4.78, 5) is 20.6. The normalized spacial score (nSPS) is 10.8. The number of hydrogen-bond acceptors (Lipinski definition) is 4. The number of benzene rings is 1. The number of carbonyl (C=O) groups excluding carboxylic acids is 1.